The lowest BCUT2D eigenvalue weighted by Gasteiger charge is -2.18. The Morgan fingerprint density at radius 3 is 2.53 bits per heavy atom. The fraction of sp³-hybridized carbons (Fsp3) is 0.833. The molecule has 0 aromatic rings. The van der Waals surface area contributed by atoms with Gasteiger partial charge in [0.1, 0.15) is 0 Å². The van der Waals surface area contributed by atoms with Crippen molar-refractivity contribution in [2.75, 3.05) is 32.8 Å². The fourth-order valence-corrected chi connectivity index (χ4v) is 1.51. The Morgan fingerprint density at radius 2 is 2.00 bits per heavy atom. The van der Waals surface area contributed by atoms with E-state index in [-0.39, 0.29) is 25.0 Å². The van der Waals surface area contributed by atoms with Crippen molar-refractivity contribution >= 4 is 11.9 Å². The summed E-state index contributed by atoms with van der Waals surface area (Å²) < 4.78 is 4.85. The van der Waals surface area contributed by atoms with Gasteiger partial charge in [-0.25, -0.2) is 0 Å². The molecule has 0 unspecified atom stereocenters. The number of ether oxygens (including phenoxy) is 1. The standard InChI is InChI=1S/C12H22N2O3/c1-3-14(9-12(16)17-4-2)8-11(15)13-7-10-5-6-10/h10H,3-9H2,1-2H3,(H,13,15). The molecule has 0 aliphatic heterocycles. The highest BCUT2D eigenvalue weighted by atomic mass is 16.5. The predicted octanol–water partition coefficient (Wildman–Crippen LogP) is 0.398. The van der Waals surface area contributed by atoms with Gasteiger partial charge in [-0.3, -0.25) is 14.5 Å². The highest BCUT2D eigenvalue weighted by Gasteiger charge is 2.22. The number of rotatable bonds is 8. The van der Waals surface area contributed by atoms with Gasteiger partial charge in [-0.2, -0.15) is 0 Å². The summed E-state index contributed by atoms with van der Waals surface area (Å²) >= 11 is 0. The molecule has 0 bridgehead atoms. The van der Waals surface area contributed by atoms with Crippen LogP contribution in [0.2, 0.25) is 0 Å². The lowest BCUT2D eigenvalue weighted by atomic mass is 10.4. The lowest BCUT2D eigenvalue weighted by Crippen LogP contribution is -2.40. The van der Waals surface area contributed by atoms with Gasteiger partial charge in [-0.05, 0) is 32.2 Å². The van der Waals surface area contributed by atoms with Gasteiger partial charge < -0.3 is 10.1 Å². The van der Waals surface area contributed by atoms with Crippen LogP contribution in [0, 0.1) is 5.92 Å². The topological polar surface area (TPSA) is 58.6 Å². The van der Waals surface area contributed by atoms with Gasteiger partial charge in [0.05, 0.1) is 19.7 Å². The first-order chi connectivity index (χ1) is 8.15. The van der Waals surface area contributed by atoms with Gasteiger partial charge in [-0.15, -0.1) is 0 Å². The molecule has 1 aliphatic carbocycles. The summed E-state index contributed by atoms with van der Waals surface area (Å²) in [5.41, 5.74) is 0. The van der Waals surface area contributed by atoms with Crippen LogP contribution in [-0.2, 0) is 14.3 Å². The van der Waals surface area contributed by atoms with Crippen molar-refractivity contribution in [3.8, 4) is 0 Å². The van der Waals surface area contributed by atoms with Gasteiger partial charge in [0.2, 0.25) is 5.91 Å². The number of esters is 1. The zero-order chi connectivity index (χ0) is 12.7. The van der Waals surface area contributed by atoms with Crippen LogP contribution < -0.4 is 5.32 Å². The third-order valence-electron chi connectivity index (χ3n) is 2.76. The Morgan fingerprint density at radius 1 is 1.29 bits per heavy atom. The van der Waals surface area contributed by atoms with Crippen LogP contribution in [0.1, 0.15) is 26.7 Å². The number of hydrogen-bond acceptors (Lipinski definition) is 4. The second-order valence-corrected chi connectivity index (χ2v) is 4.36. The van der Waals surface area contributed by atoms with Crippen LogP contribution in [0.3, 0.4) is 0 Å². The molecule has 0 heterocycles. The van der Waals surface area contributed by atoms with E-state index < -0.39 is 0 Å². The minimum Gasteiger partial charge on any atom is -0.465 e. The SMILES string of the molecule is CCOC(=O)CN(CC)CC(=O)NCC1CC1. The number of carbonyl (C=O) groups excluding carboxylic acids is 2. The van der Waals surface area contributed by atoms with Crippen molar-refractivity contribution < 1.29 is 14.3 Å². The Bertz CT molecular complexity index is 264. The monoisotopic (exact) mass is 242 g/mol. The second-order valence-electron chi connectivity index (χ2n) is 4.36. The zero-order valence-corrected chi connectivity index (χ0v) is 10.7. The van der Waals surface area contributed by atoms with Crippen molar-refractivity contribution in [2.45, 2.75) is 26.7 Å². The first-order valence-electron chi connectivity index (χ1n) is 6.30. The Labute approximate surface area is 102 Å². The smallest absolute Gasteiger partial charge is 0.320 e. The molecule has 0 saturated heterocycles. The molecule has 0 radical (unpaired) electrons. The Balaban J connectivity index is 2.19. The predicted molar refractivity (Wildman–Crippen MR) is 64.5 cm³/mol. The van der Waals surface area contributed by atoms with Gasteiger partial charge in [-0.1, -0.05) is 6.92 Å². The van der Waals surface area contributed by atoms with E-state index in [0.29, 0.717) is 19.1 Å². The highest BCUT2D eigenvalue weighted by Crippen LogP contribution is 2.27. The van der Waals surface area contributed by atoms with E-state index in [0.717, 1.165) is 6.54 Å². The van der Waals surface area contributed by atoms with Gasteiger partial charge in [0.15, 0.2) is 0 Å². The number of carbonyl (C=O) groups is 2. The molecule has 1 fully saturated rings. The molecule has 0 aromatic carbocycles. The number of hydrogen-bond donors (Lipinski definition) is 1. The van der Waals surface area contributed by atoms with Crippen LogP contribution in [-0.4, -0.2) is 49.6 Å². The molecule has 98 valence electrons. The number of likely N-dealkylation sites (N-methyl/N-ethyl adjacent to an activating group) is 1. The molecule has 0 atom stereocenters. The van der Waals surface area contributed by atoms with Crippen LogP contribution >= 0.6 is 0 Å². The maximum Gasteiger partial charge on any atom is 0.320 e. The summed E-state index contributed by atoms with van der Waals surface area (Å²) in [7, 11) is 0. The molecule has 1 rings (SSSR count). The number of amides is 1. The average Bonchev–Trinajstić information content (AvgIpc) is 3.09. The molecular formula is C12H22N2O3. The minimum absolute atomic E-state index is 0.0111. The second kappa shape index (κ2) is 7.27. The molecule has 1 N–H and O–H groups in total. The van der Waals surface area contributed by atoms with Gasteiger partial charge in [0, 0.05) is 6.54 Å². The zero-order valence-electron chi connectivity index (χ0n) is 10.7. The minimum atomic E-state index is -0.274. The van der Waals surface area contributed by atoms with E-state index in [4.69, 9.17) is 4.74 Å². The molecule has 5 heteroatoms. The molecule has 1 aliphatic rings. The largest absolute Gasteiger partial charge is 0.465 e. The summed E-state index contributed by atoms with van der Waals surface area (Å²) in [5, 5.41) is 2.88. The first-order valence-corrected chi connectivity index (χ1v) is 6.30. The third kappa shape index (κ3) is 6.26. The summed E-state index contributed by atoms with van der Waals surface area (Å²) in [6, 6.07) is 0. The molecular weight excluding hydrogens is 220 g/mol. The van der Waals surface area contributed by atoms with Gasteiger partial charge >= 0.3 is 5.97 Å². The Hall–Kier alpha value is -1.10. The summed E-state index contributed by atoms with van der Waals surface area (Å²) in [5.74, 6) is 0.395. The number of nitrogens with zero attached hydrogens (tertiary/aromatic N) is 1. The summed E-state index contributed by atoms with van der Waals surface area (Å²) in [6.07, 6.45) is 2.45. The van der Waals surface area contributed by atoms with Crippen LogP contribution in [0.5, 0.6) is 0 Å². The molecule has 5 nitrogen and oxygen atoms in total. The molecule has 1 saturated carbocycles. The van der Waals surface area contributed by atoms with Crippen molar-refractivity contribution in [3.05, 3.63) is 0 Å². The number of nitrogens with one attached hydrogen (secondary N) is 1. The molecule has 0 spiro atoms. The van der Waals surface area contributed by atoms with Crippen molar-refractivity contribution in [1.82, 2.24) is 10.2 Å². The lowest BCUT2D eigenvalue weighted by molar-refractivity contribution is -0.144. The van der Waals surface area contributed by atoms with Crippen molar-refractivity contribution in [1.29, 1.82) is 0 Å². The van der Waals surface area contributed by atoms with Gasteiger partial charge in [0.25, 0.3) is 0 Å². The highest BCUT2D eigenvalue weighted by molar-refractivity contribution is 5.79. The van der Waals surface area contributed by atoms with Crippen molar-refractivity contribution in [3.63, 3.8) is 0 Å². The maximum absolute atomic E-state index is 11.6. The van der Waals surface area contributed by atoms with E-state index in [1.807, 2.05) is 6.92 Å². The first kappa shape index (κ1) is 14.0. The van der Waals surface area contributed by atoms with Crippen LogP contribution in [0.4, 0.5) is 0 Å². The van der Waals surface area contributed by atoms with E-state index in [9.17, 15) is 9.59 Å². The third-order valence-corrected chi connectivity index (χ3v) is 2.76. The van der Waals surface area contributed by atoms with E-state index in [2.05, 4.69) is 5.32 Å². The normalized spacial score (nSPS) is 14.8. The Kier molecular flexibility index (Phi) is 5.97. The summed E-state index contributed by atoms with van der Waals surface area (Å²) in [4.78, 5) is 24.6. The summed E-state index contributed by atoms with van der Waals surface area (Å²) in [6.45, 7) is 5.96. The molecule has 17 heavy (non-hydrogen) atoms. The van der Waals surface area contributed by atoms with Crippen LogP contribution in [0.25, 0.3) is 0 Å². The van der Waals surface area contributed by atoms with E-state index >= 15 is 0 Å². The fourth-order valence-electron chi connectivity index (χ4n) is 1.51. The van der Waals surface area contributed by atoms with E-state index in [1.165, 1.54) is 12.8 Å². The quantitative estimate of drug-likeness (QED) is 0.626. The maximum atomic E-state index is 11.6. The van der Waals surface area contributed by atoms with Crippen LogP contribution in [0.15, 0.2) is 0 Å². The molecule has 1 amide bonds. The van der Waals surface area contributed by atoms with E-state index in [1.54, 1.807) is 11.8 Å². The van der Waals surface area contributed by atoms with Crippen molar-refractivity contribution in [2.24, 2.45) is 5.92 Å². The average molecular weight is 242 g/mol. The molecule has 0 aromatic heterocycles.